The molecule has 0 amide bonds. The maximum Gasteiger partial charge on any atom is 0.165 e. The van der Waals surface area contributed by atoms with E-state index in [1.165, 1.54) is 5.56 Å². The Morgan fingerprint density at radius 3 is 2.69 bits per heavy atom. The lowest BCUT2D eigenvalue weighted by atomic mass is 9.96. The highest BCUT2D eigenvalue weighted by molar-refractivity contribution is 6.31. The predicted octanol–water partition coefficient (Wildman–Crippen LogP) is 3.63. The SMILES string of the molecule is Clc1ccc2nc(C3CCN(Cc4nnnn4Cc4ccccc4)CC3)[nH]c2c1. The molecule has 2 aromatic heterocycles. The van der Waals surface area contributed by atoms with Gasteiger partial charge in [-0.3, -0.25) is 4.90 Å². The molecule has 8 heteroatoms. The third-order valence-corrected chi connectivity index (χ3v) is 5.82. The van der Waals surface area contributed by atoms with E-state index in [9.17, 15) is 0 Å². The average Bonchev–Trinajstić information content (AvgIpc) is 3.36. The number of hydrogen-bond acceptors (Lipinski definition) is 5. The van der Waals surface area contributed by atoms with Gasteiger partial charge in [0.15, 0.2) is 5.82 Å². The lowest BCUT2D eigenvalue weighted by Crippen LogP contribution is -2.33. The van der Waals surface area contributed by atoms with Crippen LogP contribution in [0.25, 0.3) is 11.0 Å². The normalized spacial score (nSPS) is 15.9. The van der Waals surface area contributed by atoms with Crippen molar-refractivity contribution in [1.82, 2.24) is 35.1 Å². The van der Waals surface area contributed by atoms with Gasteiger partial charge in [0.1, 0.15) is 5.82 Å². The van der Waals surface area contributed by atoms with Crippen LogP contribution >= 0.6 is 11.6 Å². The highest BCUT2D eigenvalue weighted by Gasteiger charge is 2.24. The van der Waals surface area contributed by atoms with Crippen LogP contribution in [0.4, 0.5) is 0 Å². The zero-order chi connectivity index (χ0) is 19.6. The van der Waals surface area contributed by atoms with Crippen LogP contribution in [0, 0.1) is 0 Å². The first-order chi connectivity index (χ1) is 14.2. The predicted molar refractivity (Wildman–Crippen MR) is 112 cm³/mol. The number of halogens is 1. The molecule has 0 saturated carbocycles. The fourth-order valence-electron chi connectivity index (χ4n) is 3.98. The van der Waals surface area contributed by atoms with Gasteiger partial charge < -0.3 is 4.98 Å². The number of aromatic nitrogens is 6. The Morgan fingerprint density at radius 2 is 1.86 bits per heavy atom. The van der Waals surface area contributed by atoms with Gasteiger partial charge in [-0.1, -0.05) is 41.9 Å². The molecular weight excluding hydrogens is 386 g/mol. The number of piperidine rings is 1. The van der Waals surface area contributed by atoms with Crippen molar-refractivity contribution in [2.24, 2.45) is 0 Å². The molecule has 1 fully saturated rings. The van der Waals surface area contributed by atoms with Crippen molar-refractivity contribution in [3.8, 4) is 0 Å². The summed E-state index contributed by atoms with van der Waals surface area (Å²) in [4.78, 5) is 10.6. The second kappa shape index (κ2) is 7.93. The van der Waals surface area contributed by atoms with Gasteiger partial charge in [-0.05, 0) is 60.1 Å². The molecule has 0 aliphatic carbocycles. The molecular formula is C21H22ClN7. The van der Waals surface area contributed by atoms with E-state index in [4.69, 9.17) is 16.6 Å². The summed E-state index contributed by atoms with van der Waals surface area (Å²) in [5.74, 6) is 2.42. The van der Waals surface area contributed by atoms with Crippen LogP contribution in [0.2, 0.25) is 5.02 Å². The van der Waals surface area contributed by atoms with Crippen molar-refractivity contribution in [3.63, 3.8) is 0 Å². The number of rotatable bonds is 5. The number of nitrogens with zero attached hydrogens (tertiary/aromatic N) is 6. The standard InChI is InChI=1S/C21H22ClN7/c22-17-6-7-18-19(12-17)24-21(23-18)16-8-10-28(11-9-16)14-20-25-26-27-29(20)13-15-4-2-1-3-5-15/h1-7,12,16H,8-11,13-14H2,(H,23,24). The fourth-order valence-corrected chi connectivity index (χ4v) is 4.15. The molecule has 148 valence electrons. The Kier molecular flexibility index (Phi) is 4.99. The molecule has 2 aromatic carbocycles. The molecule has 1 aliphatic rings. The second-order valence-electron chi connectivity index (χ2n) is 7.57. The van der Waals surface area contributed by atoms with E-state index in [0.717, 1.165) is 60.2 Å². The Labute approximate surface area is 173 Å². The number of aromatic amines is 1. The first kappa shape index (κ1) is 18.3. The van der Waals surface area contributed by atoms with Gasteiger partial charge in [0.2, 0.25) is 0 Å². The number of fused-ring (bicyclic) bond motifs is 1. The van der Waals surface area contributed by atoms with Crippen LogP contribution in [0.15, 0.2) is 48.5 Å². The number of benzene rings is 2. The Bertz CT molecular complexity index is 1100. The highest BCUT2D eigenvalue weighted by atomic mass is 35.5. The van der Waals surface area contributed by atoms with E-state index in [2.05, 4.69) is 37.5 Å². The molecule has 1 saturated heterocycles. The smallest absolute Gasteiger partial charge is 0.165 e. The summed E-state index contributed by atoms with van der Waals surface area (Å²) in [6.45, 7) is 3.46. The monoisotopic (exact) mass is 407 g/mol. The molecule has 0 bridgehead atoms. The van der Waals surface area contributed by atoms with Crippen LogP contribution in [0.5, 0.6) is 0 Å². The summed E-state index contributed by atoms with van der Waals surface area (Å²) in [6.07, 6.45) is 2.13. The minimum Gasteiger partial charge on any atom is -0.342 e. The maximum absolute atomic E-state index is 6.09. The van der Waals surface area contributed by atoms with Crippen LogP contribution in [0.3, 0.4) is 0 Å². The summed E-state index contributed by atoms with van der Waals surface area (Å²) in [6, 6.07) is 16.1. The van der Waals surface area contributed by atoms with Crippen molar-refractivity contribution >= 4 is 22.6 Å². The van der Waals surface area contributed by atoms with Crippen molar-refractivity contribution in [2.45, 2.75) is 31.8 Å². The van der Waals surface area contributed by atoms with Crippen molar-refractivity contribution in [3.05, 3.63) is 70.8 Å². The average molecular weight is 408 g/mol. The first-order valence-electron chi connectivity index (χ1n) is 9.91. The molecule has 0 radical (unpaired) electrons. The molecule has 1 aliphatic heterocycles. The third-order valence-electron chi connectivity index (χ3n) is 5.58. The molecule has 0 atom stereocenters. The largest absolute Gasteiger partial charge is 0.342 e. The quantitative estimate of drug-likeness (QED) is 0.546. The number of imidazole rings is 1. The van der Waals surface area contributed by atoms with E-state index in [-0.39, 0.29) is 0 Å². The Hall–Kier alpha value is -2.77. The third kappa shape index (κ3) is 4.02. The summed E-state index contributed by atoms with van der Waals surface area (Å²) in [5, 5.41) is 13.0. The van der Waals surface area contributed by atoms with Gasteiger partial charge in [0.05, 0.1) is 24.1 Å². The summed E-state index contributed by atoms with van der Waals surface area (Å²) >= 11 is 6.09. The van der Waals surface area contributed by atoms with Crippen LogP contribution < -0.4 is 0 Å². The molecule has 1 N–H and O–H groups in total. The number of H-pyrrole nitrogens is 1. The maximum atomic E-state index is 6.09. The zero-order valence-electron chi connectivity index (χ0n) is 16.0. The fraction of sp³-hybridized carbons (Fsp3) is 0.333. The summed E-state index contributed by atoms with van der Waals surface area (Å²) in [7, 11) is 0. The van der Waals surface area contributed by atoms with Gasteiger partial charge in [0, 0.05) is 10.9 Å². The van der Waals surface area contributed by atoms with Crippen LogP contribution in [0.1, 0.15) is 36.0 Å². The number of nitrogens with one attached hydrogen (secondary N) is 1. The van der Waals surface area contributed by atoms with Crippen LogP contribution in [-0.4, -0.2) is 48.2 Å². The lowest BCUT2D eigenvalue weighted by molar-refractivity contribution is 0.195. The topological polar surface area (TPSA) is 75.5 Å². The Balaban J connectivity index is 1.22. The van der Waals surface area contributed by atoms with E-state index in [0.29, 0.717) is 12.5 Å². The molecule has 7 nitrogen and oxygen atoms in total. The van der Waals surface area contributed by atoms with Crippen molar-refractivity contribution < 1.29 is 0 Å². The summed E-state index contributed by atoms with van der Waals surface area (Å²) < 4.78 is 1.89. The van der Waals surface area contributed by atoms with E-state index >= 15 is 0 Å². The summed E-state index contributed by atoms with van der Waals surface area (Å²) in [5.41, 5.74) is 3.19. The number of likely N-dealkylation sites (tertiary alicyclic amines) is 1. The highest BCUT2D eigenvalue weighted by Crippen LogP contribution is 2.29. The van der Waals surface area contributed by atoms with Crippen molar-refractivity contribution in [1.29, 1.82) is 0 Å². The van der Waals surface area contributed by atoms with Gasteiger partial charge in [0.25, 0.3) is 0 Å². The second-order valence-corrected chi connectivity index (χ2v) is 8.01. The van der Waals surface area contributed by atoms with Gasteiger partial charge in [-0.15, -0.1) is 5.10 Å². The van der Waals surface area contributed by atoms with Gasteiger partial charge >= 0.3 is 0 Å². The van der Waals surface area contributed by atoms with Crippen LogP contribution in [-0.2, 0) is 13.1 Å². The van der Waals surface area contributed by atoms with E-state index < -0.39 is 0 Å². The molecule has 5 rings (SSSR count). The van der Waals surface area contributed by atoms with Gasteiger partial charge in [-0.2, -0.15) is 0 Å². The Morgan fingerprint density at radius 1 is 1.03 bits per heavy atom. The minimum atomic E-state index is 0.442. The number of hydrogen-bond donors (Lipinski definition) is 1. The lowest BCUT2D eigenvalue weighted by Gasteiger charge is -2.30. The number of tetrazole rings is 1. The van der Waals surface area contributed by atoms with E-state index in [1.807, 2.05) is 41.1 Å². The van der Waals surface area contributed by atoms with Gasteiger partial charge in [-0.25, -0.2) is 9.67 Å². The molecule has 0 unspecified atom stereocenters. The molecule has 0 spiro atoms. The molecule has 3 heterocycles. The molecule has 29 heavy (non-hydrogen) atoms. The minimum absolute atomic E-state index is 0.442. The van der Waals surface area contributed by atoms with E-state index in [1.54, 1.807) is 0 Å². The zero-order valence-corrected chi connectivity index (χ0v) is 16.8. The molecule has 4 aromatic rings. The van der Waals surface area contributed by atoms with Crippen molar-refractivity contribution in [2.75, 3.05) is 13.1 Å². The first-order valence-corrected chi connectivity index (χ1v) is 10.3.